The van der Waals surface area contributed by atoms with E-state index in [0.717, 1.165) is 41.4 Å². The van der Waals surface area contributed by atoms with E-state index < -0.39 is 0 Å². The molecule has 6 heteroatoms. The molecule has 2 aliphatic rings. The van der Waals surface area contributed by atoms with E-state index >= 15 is 0 Å². The largest absolute Gasteiger partial charge is 0.347 e. The molecule has 2 N–H and O–H groups in total. The number of carbonyl (C=O) groups excluding carboxylic acids is 2. The van der Waals surface area contributed by atoms with Crippen LogP contribution in [-0.4, -0.2) is 28.6 Å². The van der Waals surface area contributed by atoms with Crippen LogP contribution in [0.15, 0.2) is 48.7 Å². The number of hydrogen-bond donors (Lipinski definition) is 2. The van der Waals surface area contributed by atoms with Crippen LogP contribution in [0.4, 0.5) is 5.69 Å². The highest BCUT2D eigenvalue weighted by Gasteiger charge is 2.37. The third-order valence-corrected chi connectivity index (χ3v) is 5.91. The first-order valence-electron chi connectivity index (χ1n) is 9.81. The van der Waals surface area contributed by atoms with Gasteiger partial charge in [-0.3, -0.25) is 14.7 Å². The minimum Gasteiger partial charge on any atom is -0.347 e. The van der Waals surface area contributed by atoms with Crippen molar-refractivity contribution in [2.75, 3.05) is 11.4 Å². The van der Waals surface area contributed by atoms with Gasteiger partial charge in [0.2, 0.25) is 11.8 Å². The summed E-state index contributed by atoms with van der Waals surface area (Å²) in [6.07, 6.45) is 5.01. The standard InChI is InChI=1S/C22H22N4O2/c27-20-11-16(22(28)24-18-9-3-7-15-12-23-25-21(15)18)13-26(20)19-10-4-6-14-5-1-2-8-17(14)19/h1-2,4-6,8,10,12,16,18H,3,7,9,11,13H2,(H,23,25)(H,24,28). The molecule has 0 radical (unpaired) electrons. The van der Waals surface area contributed by atoms with Crippen molar-refractivity contribution < 1.29 is 9.59 Å². The molecule has 2 heterocycles. The maximum atomic E-state index is 12.9. The Bertz CT molecular complexity index is 1050. The number of rotatable bonds is 3. The van der Waals surface area contributed by atoms with Gasteiger partial charge in [-0.05, 0) is 36.3 Å². The smallest absolute Gasteiger partial charge is 0.227 e. The number of anilines is 1. The predicted octanol–water partition coefficient (Wildman–Crippen LogP) is 3.11. The molecule has 1 aliphatic carbocycles. The Balaban J connectivity index is 1.35. The lowest BCUT2D eigenvalue weighted by Crippen LogP contribution is -2.37. The van der Waals surface area contributed by atoms with Gasteiger partial charge < -0.3 is 10.2 Å². The lowest BCUT2D eigenvalue weighted by molar-refractivity contribution is -0.127. The first-order chi connectivity index (χ1) is 13.7. The molecule has 6 nitrogen and oxygen atoms in total. The van der Waals surface area contributed by atoms with Crippen LogP contribution >= 0.6 is 0 Å². The van der Waals surface area contributed by atoms with Crippen LogP contribution in [0.25, 0.3) is 10.8 Å². The highest BCUT2D eigenvalue weighted by Crippen LogP contribution is 2.33. The Hall–Kier alpha value is -3.15. The number of carbonyl (C=O) groups is 2. The highest BCUT2D eigenvalue weighted by atomic mass is 16.2. The molecule has 142 valence electrons. The number of amides is 2. The lowest BCUT2D eigenvalue weighted by atomic mass is 9.93. The zero-order valence-electron chi connectivity index (χ0n) is 15.5. The van der Waals surface area contributed by atoms with Gasteiger partial charge >= 0.3 is 0 Å². The summed E-state index contributed by atoms with van der Waals surface area (Å²) >= 11 is 0. The topological polar surface area (TPSA) is 78.1 Å². The van der Waals surface area contributed by atoms with Gasteiger partial charge in [0.15, 0.2) is 0 Å². The van der Waals surface area contributed by atoms with Gasteiger partial charge in [0.05, 0.1) is 29.5 Å². The summed E-state index contributed by atoms with van der Waals surface area (Å²) in [5, 5.41) is 12.4. The fourth-order valence-corrected chi connectivity index (χ4v) is 4.46. The number of aromatic amines is 1. The number of H-pyrrole nitrogens is 1. The van der Waals surface area contributed by atoms with Crippen molar-refractivity contribution in [3.63, 3.8) is 0 Å². The molecule has 0 spiro atoms. The van der Waals surface area contributed by atoms with Crippen LogP contribution in [0.1, 0.15) is 36.6 Å². The molecule has 2 atom stereocenters. The van der Waals surface area contributed by atoms with Crippen LogP contribution in [0.2, 0.25) is 0 Å². The molecule has 2 aromatic carbocycles. The van der Waals surface area contributed by atoms with Gasteiger partial charge in [-0.2, -0.15) is 5.10 Å². The van der Waals surface area contributed by atoms with Crippen LogP contribution in [0.3, 0.4) is 0 Å². The van der Waals surface area contributed by atoms with Crippen molar-refractivity contribution in [2.45, 2.75) is 31.7 Å². The van der Waals surface area contributed by atoms with E-state index in [9.17, 15) is 9.59 Å². The zero-order chi connectivity index (χ0) is 19.1. The van der Waals surface area contributed by atoms with Gasteiger partial charge in [-0.25, -0.2) is 0 Å². The van der Waals surface area contributed by atoms with Crippen molar-refractivity contribution in [2.24, 2.45) is 5.92 Å². The third-order valence-electron chi connectivity index (χ3n) is 5.91. The van der Waals surface area contributed by atoms with Crippen molar-refractivity contribution in [3.8, 4) is 0 Å². The third kappa shape index (κ3) is 2.85. The summed E-state index contributed by atoms with van der Waals surface area (Å²) in [6.45, 7) is 0.418. The number of hydrogen-bond acceptors (Lipinski definition) is 3. The summed E-state index contributed by atoms with van der Waals surface area (Å²) in [5.74, 6) is -0.384. The van der Waals surface area contributed by atoms with Crippen molar-refractivity contribution >= 4 is 28.3 Å². The molecule has 1 fully saturated rings. The van der Waals surface area contributed by atoms with E-state index in [0.29, 0.717) is 6.54 Å². The number of aromatic nitrogens is 2. The second-order valence-electron chi connectivity index (χ2n) is 7.67. The molecule has 1 saturated heterocycles. The highest BCUT2D eigenvalue weighted by molar-refractivity contribution is 6.07. The molecule has 0 bridgehead atoms. The Morgan fingerprint density at radius 1 is 1.18 bits per heavy atom. The van der Waals surface area contributed by atoms with Crippen LogP contribution in [-0.2, 0) is 16.0 Å². The van der Waals surface area contributed by atoms with E-state index in [-0.39, 0.29) is 30.2 Å². The molecular weight excluding hydrogens is 352 g/mol. The number of benzene rings is 2. The van der Waals surface area contributed by atoms with Crippen molar-refractivity contribution in [3.05, 3.63) is 59.9 Å². The SMILES string of the molecule is O=C(NC1CCCc2cn[nH]c21)C1CC(=O)N(c2cccc3ccccc23)C1. The van der Waals surface area contributed by atoms with Crippen molar-refractivity contribution in [1.82, 2.24) is 15.5 Å². The van der Waals surface area contributed by atoms with E-state index in [1.54, 1.807) is 4.90 Å². The fraction of sp³-hybridized carbons (Fsp3) is 0.318. The molecule has 1 aliphatic heterocycles. The number of nitrogens with zero attached hydrogens (tertiary/aromatic N) is 2. The Labute approximate surface area is 162 Å². The minimum absolute atomic E-state index is 0.00220. The molecular formula is C22H22N4O2. The predicted molar refractivity (Wildman–Crippen MR) is 107 cm³/mol. The number of nitrogens with one attached hydrogen (secondary N) is 2. The summed E-state index contributed by atoms with van der Waals surface area (Å²) < 4.78 is 0. The Morgan fingerprint density at radius 3 is 2.96 bits per heavy atom. The molecule has 0 saturated carbocycles. The lowest BCUT2D eigenvalue weighted by Gasteiger charge is -2.24. The molecule has 5 rings (SSSR count). The zero-order valence-corrected chi connectivity index (χ0v) is 15.5. The van der Waals surface area contributed by atoms with E-state index in [1.165, 1.54) is 5.56 Å². The maximum Gasteiger partial charge on any atom is 0.227 e. The van der Waals surface area contributed by atoms with Gasteiger partial charge in [0.1, 0.15) is 0 Å². The van der Waals surface area contributed by atoms with Crippen LogP contribution in [0.5, 0.6) is 0 Å². The molecule has 3 aromatic rings. The second-order valence-corrected chi connectivity index (χ2v) is 7.67. The van der Waals surface area contributed by atoms with Gasteiger partial charge in [0.25, 0.3) is 0 Å². The van der Waals surface area contributed by atoms with E-state index in [4.69, 9.17) is 0 Å². The quantitative estimate of drug-likeness (QED) is 0.739. The number of aryl methyl sites for hydroxylation is 1. The summed E-state index contributed by atoms with van der Waals surface area (Å²) in [4.78, 5) is 27.4. The summed E-state index contributed by atoms with van der Waals surface area (Å²) in [7, 11) is 0. The average Bonchev–Trinajstić information content (AvgIpc) is 3.35. The van der Waals surface area contributed by atoms with Crippen molar-refractivity contribution in [1.29, 1.82) is 0 Å². The molecule has 1 aromatic heterocycles. The minimum atomic E-state index is -0.334. The fourth-order valence-electron chi connectivity index (χ4n) is 4.46. The van der Waals surface area contributed by atoms with E-state index in [1.807, 2.05) is 48.7 Å². The summed E-state index contributed by atoms with van der Waals surface area (Å²) in [5.41, 5.74) is 3.07. The van der Waals surface area contributed by atoms with Crippen LogP contribution in [0, 0.1) is 5.92 Å². The average molecular weight is 374 g/mol. The van der Waals surface area contributed by atoms with Gasteiger partial charge in [0, 0.05) is 18.4 Å². The summed E-state index contributed by atoms with van der Waals surface area (Å²) in [6, 6.07) is 13.9. The van der Waals surface area contributed by atoms with E-state index in [2.05, 4.69) is 15.5 Å². The van der Waals surface area contributed by atoms with Crippen LogP contribution < -0.4 is 10.2 Å². The first kappa shape index (κ1) is 17.0. The molecule has 28 heavy (non-hydrogen) atoms. The monoisotopic (exact) mass is 374 g/mol. The molecule has 2 unspecified atom stereocenters. The first-order valence-corrected chi connectivity index (χ1v) is 9.81. The number of fused-ring (bicyclic) bond motifs is 2. The van der Waals surface area contributed by atoms with Gasteiger partial charge in [-0.1, -0.05) is 36.4 Å². The Kier molecular flexibility index (Phi) is 4.11. The van der Waals surface area contributed by atoms with Gasteiger partial charge in [-0.15, -0.1) is 0 Å². The second kappa shape index (κ2) is 6.78. The molecule has 2 amide bonds. The normalized spacial score (nSPS) is 21.7. The Morgan fingerprint density at radius 2 is 2.04 bits per heavy atom. The maximum absolute atomic E-state index is 12.9.